The molecule has 1 aromatic carbocycles. The highest BCUT2D eigenvalue weighted by atomic mass is 19.1. The monoisotopic (exact) mass is 270 g/mol. The van der Waals surface area contributed by atoms with E-state index in [0.29, 0.717) is 25.6 Å². The number of carbonyl (C=O) groups excluding carboxylic acids is 1. The van der Waals surface area contributed by atoms with E-state index in [4.69, 9.17) is 5.73 Å². The molecule has 0 radical (unpaired) electrons. The Morgan fingerprint density at radius 1 is 1.47 bits per heavy atom. The number of nitrogens with zero attached hydrogens (tertiary/aromatic N) is 1. The molecule has 1 amide bonds. The van der Waals surface area contributed by atoms with Gasteiger partial charge < -0.3 is 16.4 Å². The van der Waals surface area contributed by atoms with Crippen molar-refractivity contribution in [2.45, 2.75) is 6.42 Å². The van der Waals surface area contributed by atoms with E-state index in [0.717, 1.165) is 6.07 Å². The summed E-state index contributed by atoms with van der Waals surface area (Å²) in [6.45, 7) is 1.07. The molecular weight excluding hydrogens is 255 g/mol. The van der Waals surface area contributed by atoms with Crippen LogP contribution in [0.25, 0.3) is 0 Å². The van der Waals surface area contributed by atoms with Gasteiger partial charge in [0.15, 0.2) is 0 Å². The van der Waals surface area contributed by atoms with Crippen LogP contribution in [0.3, 0.4) is 0 Å². The van der Waals surface area contributed by atoms with Gasteiger partial charge in [0, 0.05) is 6.54 Å². The largest absolute Gasteiger partial charge is 0.393 e. The molecule has 0 aliphatic carbocycles. The average Bonchev–Trinajstić information content (AvgIpc) is 2.36. The lowest BCUT2D eigenvalue weighted by atomic mass is 10.1. The number of hydrogen-bond donors (Lipinski definition) is 3. The van der Waals surface area contributed by atoms with Crippen molar-refractivity contribution in [3.05, 3.63) is 33.6 Å². The van der Waals surface area contributed by atoms with E-state index < -0.39 is 22.3 Å². The van der Waals surface area contributed by atoms with Crippen molar-refractivity contribution < 1.29 is 14.1 Å². The predicted molar refractivity (Wildman–Crippen MR) is 68.3 cm³/mol. The number of nitrogens with two attached hydrogens (primary N) is 1. The molecular formula is C11H15FN4O3. The van der Waals surface area contributed by atoms with Crippen LogP contribution >= 0.6 is 0 Å². The van der Waals surface area contributed by atoms with Gasteiger partial charge in [0.05, 0.1) is 16.6 Å². The van der Waals surface area contributed by atoms with Gasteiger partial charge in [-0.1, -0.05) is 0 Å². The maximum Gasteiger partial charge on any atom is 0.295 e. The second kappa shape index (κ2) is 6.64. The summed E-state index contributed by atoms with van der Waals surface area (Å²) in [6, 6.07) is 1.57. The number of nitrogen functional groups attached to an aromatic ring is 1. The normalized spacial score (nSPS) is 10.2. The van der Waals surface area contributed by atoms with Crippen LogP contribution < -0.4 is 16.4 Å². The highest BCUT2D eigenvalue weighted by molar-refractivity contribution is 6.01. The Hall–Kier alpha value is -2.22. The van der Waals surface area contributed by atoms with Crippen LogP contribution in [0.5, 0.6) is 0 Å². The van der Waals surface area contributed by atoms with E-state index in [1.54, 1.807) is 7.05 Å². The van der Waals surface area contributed by atoms with Crippen LogP contribution in [0.1, 0.15) is 16.8 Å². The van der Waals surface area contributed by atoms with Crippen LogP contribution in [0, 0.1) is 15.9 Å². The molecule has 0 aliphatic rings. The zero-order chi connectivity index (χ0) is 14.4. The Morgan fingerprint density at radius 3 is 2.74 bits per heavy atom. The highest BCUT2D eigenvalue weighted by Crippen LogP contribution is 2.26. The van der Waals surface area contributed by atoms with Gasteiger partial charge in [-0.25, -0.2) is 4.39 Å². The van der Waals surface area contributed by atoms with E-state index in [1.807, 2.05) is 0 Å². The Labute approximate surface area is 109 Å². The fourth-order valence-corrected chi connectivity index (χ4v) is 1.50. The summed E-state index contributed by atoms with van der Waals surface area (Å²) < 4.78 is 13.2. The lowest BCUT2D eigenvalue weighted by molar-refractivity contribution is -0.384. The quantitative estimate of drug-likeness (QED) is 0.304. The standard InChI is InChI=1S/C11H15FN4O3/c1-14-3-2-4-15-11(17)8-5-7(12)6-9(10(8)13)16(18)19/h5-6,14H,2-4,13H2,1H3,(H,15,17). The summed E-state index contributed by atoms with van der Waals surface area (Å²) in [5.41, 5.74) is 4.33. The molecule has 0 saturated carbocycles. The summed E-state index contributed by atoms with van der Waals surface area (Å²) >= 11 is 0. The Kier molecular flexibility index (Phi) is 5.19. The number of anilines is 1. The van der Waals surface area contributed by atoms with E-state index in [1.165, 1.54) is 0 Å². The molecule has 1 rings (SSSR count). The molecule has 1 aromatic rings. The smallest absolute Gasteiger partial charge is 0.295 e. The molecule has 0 atom stereocenters. The Morgan fingerprint density at radius 2 is 2.16 bits per heavy atom. The van der Waals surface area contributed by atoms with E-state index in [9.17, 15) is 19.3 Å². The minimum absolute atomic E-state index is 0.226. The van der Waals surface area contributed by atoms with E-state index in [-0.39, 0.29) is 11.3 Å². The van der Waals surface area contributed by atoms with Gasteiger partial charge in [0.1, 0.15) is 11.5 Å². The van der Waals surface area contributed by atoms with Gasteiger partial charge in [-0.15, -0.1) is 0 Å². The second-order valence-corrected chi connectivity index (χ2v) is 3.86. The predicted octanol–water partition coefficient (Wildman–Crippen LogP) is 0.655. The van der Waals surface area contributed by atoms with Crippen LogP contribution in [0.2, 0.25) is 0 Å². The Balaban J connectivity index is 2.88. The molecule has 0 unspecified atom stereocenters. The first kappa shape index (κ1) is 14.8. The number of nitrogens with one attached hydrogen (secondary N) is 2. The topological polar surface area (TPSA) is 110 Å². The van der Waals surface area contributed by atoms with Gasteiger partial charge in [0.2, 0.25) is 0 Å². The average molecular weight is 270 g/mol. The molecule has 0 spiro atoms. The number of nitro benzene ring substituents is 1. The van der Waals surface area contributed by atoms with Crippen LogP contribution in [0.15, 0.2) is 12.1 Å². The van der Waals surface area contributed by atoms with Gasteiger partial charge in [-0.05, 0) is 26.1 Å². The van der Waals surface area contributed by atoms with Crippen LogP contribution in [-0.4, -0.2) is 31.0 Å². The first-order valence-corrected chi connectivity index (χ1v) is 5.63. The first-order valence-electron chi connectivity index (χ1n) is 5.63. The minimum atomic E-state index is -0.874. The maximum atomic E-state index is 13.2. The molecule has 0 aliphatic heterocycles. The molecule has 8 heteroatoms. The molecule has 0 fully saturated rings. The minimum Gasteiger partial charge on any atom is -0.393 e. The number of amides is 1. The van der Waals surface area contributed by atoms with E-state index in [2.05, 4.69) is 10.6 Å². The second-order valence-electron chi connectivity index (χ2n) is 3.86. The highest BCUT2D eigenvalue weighted by Gasteiger charge is 2.21. The summed E-state index contributed by atoms with van der Waals surface area (Å²) in [7, 11) is 1.77. The number of nitro groups is 1. The van der Waals surface area contributed by atoms with Crippen LogP contribution in [0.4, 0.5) is 15.8 Å². The third kappa shape index (κ3) is 3.88. The molecule has 0 aromatic heterocycles. The molecule has 7 nitrogen and oxygen atoms in total. The molecule has 104 valence electrons. The van der Waals surface area contributed by atoms with Gasteiger partial charge in [-0.3, -0.25) is 14.9 Å². The molecule has 19 heavy (non-hydrogen) atoms. The van der Waals surface area contributed by atoms with Crippen molar-refractivity contribution >= 4 is 17.3 Å². The number of halogens is 1. The van der Waals surface area contributed by atoms with Crippen molar-refractivity contribution in [3.8, 4) is 0 Å². The summed E-state index contributed by atoms with van der Waals surface area (Å²) in [5.74, 6) is -1.50. The van der Waals surface area contributed by atoms with Crippen molar-refractivity contribution in [2.75, 3.05) is 25.9 Å². The zero-order valence-electron chi connectivity index (χ0n) is 10.4. The summed E-state index contributed by atoms with van der Waals surface area (Å²) in [6.07, 6.45) is 0.680. The van der Waals surface area contributed by atoms with E-state index >= 15 is 0 Å². The number of hydrogen-bond acceptors (Lipinski definition) is 5. The van der Waals surface area contributed by atoms with Crippen molar-refractivity contribution in [1.82, 2.24) is 10.6 Å². The van der Waals surface area contributed by atoms with Crippen LogP contribution in [-0.2, 0) is 0 Å². The number of carbonyl (C=O) groups is 1. The van der Waals surface area contributed by atoms with Crippen molar-refractivity contribution in [1.29, 1.82) is 0 Å². The van der Waals surface area contributed by atoms with Crippen molar-refractivity contribution in [3.63, 3.8) is 0 Å². The fourth-order valence-electron chi connectivity index (χ4n) is 1.50. The van der Waals surface area contributed by atoms with Gasteiger partial charge in [-0.2, -0.15) is 0 Å². The first-order chi connectivity index (χ1) is 8.97. The Bertz CT molecular complexity index is 493. The molecule has 4 N–H and O–H groups in total. The van der Waals surface area contributed by atoms with Gasteiger partial charge in [0.25, 0.3) is 11.6 Å². The number of benzene rings is 1. The summed E-state index contributed by atoms with van der Waals surface area (Å²) in [4.78, 5) is 21.6. The molecule has 0 heterocycles. The molecule has 0 saturated heterocycles. The number of rotatable bonds is 6. The molecule has 0 bridgehead atoms. The summed E-state index contributed by atoms with van der Waals surface area (Å²) in [5, 5.41) is 16.1. The zero-order valence-corrected chi connectivity index (χ0v) is 10.4. The SMILES string of the molecule is CNCCCNC(=O)c1cc(F)cc([N+](=O)[O-])c1N. The van der Waals surface area contributed by atoms with Crippen molar-refractivity contribution in [2.24, 2.45) is 0 Å². The van der Waals surface area contributed by atoms with Gasteiger partial charge >= 0.3 is 0 Å². The third-order valence-corrected chi connectivity index (χ3v) is 2.45. The maximum absolute atomic E-state index is 13.2. The third-order valence-electron chi connectivity index (χ3n) is 2.45. The lowest BCUT2D eigenvalue weighted by Crippen LogP contribution is -2.27. The fraction of sp³-hybridized carbons (Fsp3) is 0.364. The lowest BCUT2D eigenvalue weighted by Gasteiger charge is -2.08.